The monoisotopic (exact) mass is 395 g/mol. The minimum atomic E-state index is -1.33. The largest absolute Gasteiger partial charge is 0.348 e. The third kappa shape index (κ3) is 4.17. The average Bonchev–Trinajstić information content (AvgIpc) is 3.09. The molecule has 0 N–H and O–H groups in total. The highest BCUT2D eigenvalue weighted by Crippen LogP contribution is 2.48. The fourth-order valence-electron chi connectivity index (χ4n) is 4.08. The predicted octanol–water partition coefficient (Wildman–Crippen LogP) is 4.69. The summed E-state index contributed by atoms with van der Waals surface area (Å²) >= 11 is 0. The summed E-state index contributed by atoms with van der Waals surface area (Å²) < 4.78 is 42.4. The van der Waals surface area contributed by atoms with E-state index in [0.717, 1.165) is 37.0 Å². The lowest BCUT2D eigenvalue weighted by atomic mass is 9.64. The second kappa shape index (κ2) is 7.72. The fraction of sp³-hybridized carbons (Fsp3) is 0.667. The summed E-state index contributed by atoms with van der Waals surface area (Å²) in [6, 6.07) is 6.68. The molecule has 1 heterocycles. The maximum Gasteiger partial charge on any atom is 0.168 e. The van der Waals surface area contributed by atoms with Crippen LogP contribution in [0.1, 0.15) is 65.4 Å². The maximum absolute atomic E-state index is 13.5. The highest BCUT2D eigenvalue weighted by Gasteiger charge is 2.49. The van der Waals surface area contributed by atoms with Gasteiger partial charge in [-0.05, 0) is 57.7 Å². The van der Waals surface area contributed by atoms with Crippen molar-refractivity contribution in [2.24, 2.45) is 4.40 Å². The molecule has 3 rings (SSSR count). The molecule has 0 amide bonds. The Morgan fingerprint density at radius 3 is 2.15 bits per heavy atom. The summed E-state index contributed by atoms with van der Waals surface area (Å²) in [6.07, 6.45) is 3.78. The Kier molecular flexibility index (Phi) is 5.90. The molecule has 0 bridgehead atoms. The van der Waals surface area contributed by atoms with E-state index in [1.165, 1.54) is 12.1 Å². The highest BCUT2D eigenvalue weighted by atomic mass is 32.2. The summed E-state index contributed by atoms with van der Waals surface area (Å²) in [4.78, 5) is 0. The predicted molar refractivity (Wildman–Crippen MR) is 107 cm³/mol. The zero-order valence-electron chi connectivity index (χ0n) is 16.7. The molecule has 1 aliphatic carbocycles. The molecule has 1 saturated carbocycles. The first-order valence-electron chi connectivity index (χ1n) is 9.75. The van der Waals surface area contributed by atoms with Gasteiger partial charge < -0.3 is 9.47 Å². The Hall–Kier alpha value is -1.11. The Labute approximate surface area is 164 Å². The van der Waals surface area contributed by atoms with Crippen molar-refractivity contribution in [2.75, 3.05) is 13.2 Å². The number of halogens is 1. The minimum Gasteiger partial charge on any atom is -0.348 e. The van der Waals surface area contributed by atoms with Crippen LogP contribution >= 0.6 is 0 Å². The highest BCUT2D eigenvalue weighted by molar-refractivity contribution is 7.85. The van der Waals surface area contributed by atoms with Gasteiger partial charge in [-0.2, -0.15) is 4.40 Å². The van der Waals surface area contributed by atoms with Crippen LogP contribution in [-0.2, 0) is 25.9 Å². The van der Waals surface area contributed by atoms with E-state index in [4.69, 9.17) is 9.47 Å². The molecule has 0 aromatic heterocycles. The number of benzene rings is 1. The van der Waals surface area contributed by atoms with E-state index in [9.17, 15) is 8.60 Å². The van der Waals surface area contributed by atoms with Crippen LogP contribution in [0.25, 0.3) is 0 Å². The zero-order valence-corrected chi connectivity index (χ0v) is 17.5. The lowest BCUT2D eigenvalue weighted by Crippen LogP contribution is -2.46. The molecule has 1 aromatic rings. The molecule has 4 nitrogen and oxygen atoms in total. The van der Waals surface area contributed by atoms with Gasteiger partial charge in [0.2, 0.25) is 0 Å². The lowest BCUT2D eigenvalue weighted by molar-refractivity contribution is -0.181. The van der Waals surface area contributed by atoms with Crippen LogP contribution in [0.5, 0.6) is 0 Å². The van der Waals surface area contributed by atoms with E-state index in [-0.39, 0.29) is 11.2 Å². The van der Waals surface area contributed by atoms with Crippen molar-refractivity contribution in [2.45, 2.75) is 75.7 Å². The number of ether oxygens (including phenoxy) is 2. The second-order valence-electron chi connectivity index (χ2n) is 8.45. The van der Waals surface area contributed by atoms with Crippen LogP contribution in [0.4, 0.5) is 4.39 Å². The van der Waals surface area contributed by atoms with Gasteiger partial charge >= 0.3 is 0 Å². The van der Waals surface area contributed by atoms with E-state index >= 15 is 0 Å². The molecule has 6 heteroatoms. The molecule has 27 heavy (non-hydrogen) atoms. The first-order chi connectivity index (χ1) is 12.7. The summed E-state index contributed by atoms with van der Waals surface area (Å²) in [5, 5.41) is 0. The van der Waals surface area contributed by atoms with Crippen molar-refractivity contribution in [3.63, 3.8) is 0 Å². The molecular formula is C21H30FNO3S. The quantitative estimate of drug-likeness (QED) is 0.695. The molecule has 2 aliphatic rings. The van der Waals surface area contributed by atoms with E-state index in [0.29, 0.717) is 19.6 Å². The molecule has 1 aromatic carbocycles. The number of hydrogen-bond acceptors (Lipinski definition) is 3. The van der Waals surface area contributed by atoms with Gasteiger partial charge in [0, 0.05) is 24.0 Å². The third-order valence-corrected chi connectivity index (χ3v) is 7.11. The average molecular weight is 396 g/mol. The van der Waals surface area contributed by atoms with Gasteiger partial charge in [-0.15, -0.1) is 0 Å². The molecule has 1 aliphatic heterocycles. The van der Waals surface area contributed by atoms with Gasteiger partial charge in [-0.1, -0.05) is 19.1 Å². The van der Waals surface area contributed by atoms with Gasteiger partial charge in [-0.3, -0.25) is 0 Å². The van der Waals surface area contributed by atoms with Crippen LogP contribution in [0.15, 0.2) is 28.7 Å². The number of rotatable bonds is 4. The summed E-state index contributed by atoms with van der Waals surface area (Å²) in [7, 11) is -1.33. The Morgan fingerprint density at radius 2 is 1.67 bits per heavy atom. The van der Waals surface area contributed by atoms with Gasteiger partial charge in [0.1, 0.15) is 16.8 Å². The smallest absolute Gasteiger partial charge is 0.168 e. The number of hydrogen-bond donors (Lipinski definition) is 0. The Morgan fingerprint density at radius 1 is 1.11 bits per heavy atom. The van der Waals surface area contributed by atoms with Crippen molar-refractivity contribution in [1.82, 2.24) is 0 Å². The van der Waals surface area contributed by atoms with Crippen molar-refractivity contribution in [3.8, 4) is 0 Å². The van der Waals surface area contributed by atoms with Crippen molar-refractivity contribution in [1.29, 1.82) is 0 Å². The first-order valence-corrected chi connectivity index (χ1v) is 10.9. The normalized spacial score (nSPS) is 23.5. The van der Waals surface area contributed by atoms with Crippen LogP contribution in [-0.4, -0.2) is 33.7 Å². The lowest BCUT2D eigenvalue weighted by Gasteiger charge is -2.44. The Bertz CT molecular complexity index is 708. The van der Waals surface area contributed by atoms with E-state index in [2.05, 4.69) is 11.3 Å². The number of nitrogens with zero attached hydrogens (tertiary/aromatic N) is 1. The molecular weight excluding hydrogens is 365 g/mol. The molecule has 1 spiro atoms. The van der Waals surface area contributed by atoms with Crippen LogP contribution in [0, 0.1) is 5.82 Å². The molecule has 150 valence electrons. The van der Waals surface area contributed by atoms with Crippen molar-refractivity contribution < 1.29 is 18.1 Å². The Balaban J connectivity index is 2.01. The topological polar surface area (TPSA) is 47.9 Å². The summed E-state index contributed by atoms with van der Waals surface area (Å²) in [6.45, 7) is 9.11. The van der Waals surface area contributed by atoms with Crippen LogP contribution < -0.4 is 0 Å². The third-order valence-electron chi connectivity index (χ3n) is 5.68. The zero-order chi connectivity index (χ0) is 19.7. The van der Waals surface area contributed by atoms with E-state index in [1.54, 1.807) is 0 Å². The van der Waals surface area contributed by atoms with Crippen LogP contribution in [0.2, 0.25) is 0 Å². The summed E-state index contributed by atoms with van der Waals surface area (Å²) in [5.41, 5.74) is 1.60. The van der Waals surface area contributed by atoms with Gasteiger partial charge in [-0.25, -0.2) is 8.60 Å². The molecule has 1 atom stereocenters. The molecule has 2 fully saturated rings. The minimum absolute atomic E-state index is 0.253. The molecule has 1 saturated heterocycles. The van der Waals surface area contributed by atoms with Gasteiger partial charge in [0.05, 0.1) is 18.0 Å². The van der Waals surface area contributed by atoms with E-state index in [1.807, 2.05) is 32.9 Å². The SMILES string of the molecule is CCC(=NS(=O)C(C)(C)C)C1(c2ccc(F)cc2)CCC2(CC1)OCCO2. The second-order valence-corrected chi connectivity index (χ2v) is 10.4. The van der Waals surface area contributed by atoms with Gasteiger partial charge in [0.15, 0.2) is 5.79 Å². The van der Waals surface area contributed by atoms with Crippen molar-refractivity contribution in [3.05, 3.63) is 35.6 Å². The first kappa shape index (κ1) is 20.6. The summed E-state index contributed by atoms with van der Waals surface area (Å²) in [5.74, 6) is -0.747. The van der Waals surface area contributed by atoms with Crippen molar-refractivity contribution >= 4 is 16.7 Å². The molecule has 1 unspecified atom stereocenters. The van der Waals surface area contributed by atoms with Crippen LogP contribution in [0.3, 0.4) is 0 Å². The van der Waals surface area contributed by atoms with Gasteiger partial charge in [0.25, 0.3) is 0 Å². The van der Waals surface area contributed by atoms with E-state index < -0.39 is 21.5 Å². The fourth-order valence-corrected chi connectivity index (χ4v) is 4.86. The molecule has 0 radical (unpaired) electrons. The standard InChI is InChI=1S/C21H30FNO3S/c1-5-18(23-27(24)19(2,3)4)20(16-6-8-17(22)9-7-16)10-12-21(13-11-20)25-14-15-26-21/h6-9H,5,10-15H2,1-4H3. The maximum atomic E-state index is 13.5.